The SMILES string of the molecule is COc1cc(CN2CCC3(CC2)Oc2cc(F)ccc2-n2cccc23)ccc1OC[C@@H](C)OC. The zero-order valence-electron chi connectivity index (χ0n) is 19.9. The average molecular weight is 467 g/mol. The third-order valence-corrected chi connectivity index (χ3v) is 6.88. The fourth-order valence-electron chi connectivity index (χ4n) is 4.89. The lowest BCUT2D eigenvalue weighted by atomic mass is 9.86. The normalized spacial score (nSPS) is 17.5. The summed E-state index contributed by atoms with van der Waals surface area (Å²) in [6.07, 6.45) is 3.71. The second-order valence-electron chi connectivity index (χ2n) is 9.09. The molecule has 3 aromatic rings. The summed E-state index contributed by atoms with van der Waals surface area (Å²) >= 11 is 0. The Morgan fingerprint density at radius 1 is 1.06 bits per heavy atom. The van der Waals surface area contributed by atoms with Gasteiger partial charge >= 0.3 is 0 Å². The number of likely N-dealkylation sites (tertiary alicyclic amines) is 1. The van der Waals surface area contributed by atoms with Crippen molar-refractivity contribution in [1.29, 1.82) is 0 Å². The Morgan fingerprint density at radius 3 is 2.65 bits per heavy atom. The van der Waals surface area contributed by atoms with Crippen LogP contribution in [0.25, 0.3) is 5.69 Å². The van der Waals surface area contributed by atoms with E-state index in [0.717, 1.165) is 55.4 Å². The van der Waals surface area contributed by atoms with E-state index >= 15 is 0 Å². The minimum Gasteiger partial charge on any atom is -0.493 e. The predicted molar refractivity (Wildman–Crippen MR) is 128 cm³/mol. The van der Waals surface area contributed by atoms with Crippen LogP contribution in [0, 0.1) is 5.82 Å². The highest BCUT2D eigenvalue weighted by atomic mass is 19.1. The second-order valence-corrected chi connectivity index (χ2v) is 9.09. The highest BCUT2D eigenvalue weighted by molar-refractivity contribution is 5.52. The van der Waals surface area contributed by atoms with Gasteiger partial charge in [0.25, 0.3) is 0 Å². The van der Waals surface area contributed by atoms with Crippen LogP contribution in [-0.4, -0.2) is 49.5 Å². The first-order chi connectivity index (χ1) is 16.5. The molecule has 0 radical (unpaired) electrons. The van der Waals surface area contributed by atoms with E-state index in [-0.39, 0.29) is 11.9 Å². The van der Waals surface area contributed by atoms with Crippen LogP contribution in [0.2, 0.25) is 0 Å². The van der Waals surface area contributed by atoms with Gasteiger partial charge in [0.1, 0.15) is 18.2 Å². The van der Waals surface area contributed by atoms with Crippen molar-refractivity contribution >= 4 is 0 Å². The number of ether oxygens (including phenoxy) is 4. The number of fused-ring (bicyclic) bond motifs is 4. The van der Waals surface area contributed by atoms with Crippen molar-refractivity contribution in [2.75, 3.05) is 33.9 Å². The summed E-state index contributed by atoms with van der Waals surface area (Å²) in [5.74, 6) is 1.77. The van der Waals surface area contributed by atoms with Crippen LogP contribution in [0.4, 0.5) is 4.39 Å². The number of benzene rings is 2. The van der Waals surface area contributed by atoms with E-state index < -0.39 is 5.60 Å². The first-order valence-corrected chi connectivity index (χ1v) is 11.7. The molecule has 5 rings (SSSR count). The molecule has 6 nitrogen and oxygen atoms in total. The smallest absolute Gasteiger partial charge is 0.161 e. The van der Waals surface area contributed by atoms with Crippen LogP contribution in [-0.2, 0) is 16.9 Å². The Hall–Kier alpha value is -3.03. The molecule has 1 saturated heterocycles. The molecule has 2 aliphatic rings. The first kappa shape index (κ1) is 22.7. The van der Waals surface area contributed by atoms with Gasteiger partial charge in [-0.3, -0.25) is 4.90 Å². The van der Waals surface area contributed by atoms with Crippen molar-refractivity contribution in [2.24, 2.45) is 0 Å². The lowest BCUT2D eigenvalue weighted by molar-refractivity contribution is -0.0153. The molecule has 3 heterocycles. The van der Waals surface area contributed by atoms with Crippen molar-refractivity contribution in [3.63, 3.8) is 0 Å². The number of aromatic nitrogens is 1. The first-order valence-electron chi connectivity index (χ1n) is 11.7. The van der Waals surface area contributed by atoms with Crippen molar-refractivity contribution in [1.82, 2.24) is 9.47 Å². The summed E-state index contributed by atoms with van der Waals surface area (Å²) in [6, 6.07) is 15.0. The molecule has 1 atom stereocenters. The van der Waals surface area contributed by atoms with Crippen LogP contribution in [0.15, 0.2) is 54.7 Å². The molecule has 0 saturated carbocycles. The van der Waals surface area contributed by atoms with Gasteiger partial charge in [0, 0.05) is 51.8 Å². The van der Waals surface area contributed by atoms with Gasteiger partial charge in [-0.1, -0.05) is 6.07 Å². The summed E-state index contributed by atoms with van der Waals surface area (Å²) in [5, 5.41) is 0. The third-order valence-electron chi connectivity index (χ3n) is 6.88. The molecule has 0 unspecified atom stereocenters. The van der Waals surface area contributed by atoms with Crippen molar-refractivity contribution in [2.45, 2.75) is 38.0 Å². The number of methoxy groups -OCH3 is 2. The van der Waals surface area contributed by atoms with Crippen LogP contribution < -0.4 is 14.2 Å². The lowest BCUT2D eigenvalue weighted by Crippen LogP contribution is -2.48. The molecule has 1 aromatic heterocycles. The molecule has 1 fully saturated rings. The molecule has 0 N–H and O–H groups in total. The maximum absolute atomic E-state index is 13.9. The van der Waals surface area contributed by atoms with Crippen LogP contribution in [0.3, 0.4) is 0 Å². The highest BCUT2D eigenvalue weighted by Crippen LogP contribution is 2.45. The van der Waals surface area contributed by atoms with E-state index in [1.807, 2.05) is 31.3 Å². The molecule has 7 heteroatoms. The van der Waals surface area contributed by atoms with Gasteiger partial charge in [-0.05, 0) is 48.9 Å². The zero-order valence-corrected chi connectivity index (χ0v) is 19.9. The largest absolute Gasteiger partial charge is 0.493 e. The van der Waals surface area contributed by atoms with E-state index in [4.69, 9.17) is 18.9 Å². The van der Waals surface area contributed by atoms with Crippen LogP contribution in [0.1, 0.15) is 31.0 Å². The van der Waals surface area contributed by atoms with E-state index in [2.05, 4.69) is 21.6 Å². The molecule has 180 valence electrons. The fraction of sp³-hybridized carbons (Fsp3) is 0.407. The van der Waals surface area contributed by atoms with E-state index in [9.17, 15) is 4.39 Å². The summed E-state index contributed by atoms with van der Waals surface area (Å²) < 4.78 is 39.2. The number of piperidine rings is 1. The van der Waals surface area contributed by atoms with Crippen molar-refractivity contribution in [3.8, 4) is 22.9 Å². The summed E-state index contributed by atoms with van der Waals surface area (Å²) in [4.78, 5) is 2.42. The highest BCUT2D eigenvalue weighted by Gasteiger charge is 2.43. The van der Waals surface area contributed by atoms with Gasteiger partial charge in [-0.15, -0.1) is 0 Å². The molecule has 0 amide bonds. The number of hydrogen-bond donors (Lipinski definition) is 0. The van der Waals surface area contributed by atoms with Gasteiger partial charge in [0.2, 0.25) is 0 Å². The van der Waals surface area contributed by atoms with Crippen molar-refractivity contribution < 1.29 is 23.3 Å². The quantitative estimate of drug-likeness (QED) is 0.495. The number of halogens is 1. The Balaban J connectivity index is 1.27. The Morgan fingerprint density at radius 2 is 1.88 bits per heavy atom. The molecule has 0 aliphatic carbocycles. The summed E-state index contributed by atoms with van der Waals surface area (Å²) in [5.41, 5.74) is 2.76. The Labute approximate surface area is 199 Å². The summed E-state index contributed by atoms with van der Waals surface area (Å²) in [6.45, 7) is 5.00. The predicted octanol–water partition coefficient (Wildman–Crippen LogP) is 4.92. The summed E-state index contributed by atoms with van der Waals surface area (Å²) in [7, 11) is 3.33. The minimum absolute atomic E-state index is 0.0108. The molecule has 1 spiro atoms. The van der Waals surface area contributed by atoms with Gasteiger partial charge in [0.15, 0.2) is 17.1 Å². The molecule has 0 bridgehead atoms. The van der Waals surface area contributed by atoms with Crippen LogP contribution in [0.5, 0.6) is 17.2 Å². The second kappa shape index (κ2) is 9.31. The van der Waals surface area contributed by atoms with E-state index in [1.165, 1.54) is 17.7 Å². The number of nitrogens with zero attached hydrogens (tertiary/aromatic N) is 2. The van der Waals surface area contributed by atoms with Gasteiger partial charge < -0.3 is 23.5 Å². The standard InChI is InChI=1S/C27H31FN2O4/c1-19(31-2)18-33-23-9-6-20(15-25(23)32-3)17-29-13-10-27(11-14-29)26-5-4-12-30(26)22-8-7-21(28)16-24(22)34-27/h4-9,12,15-16,19H,10-11,13-14,17-18H2,1-3H3/t19-/m1/s1. The van der Waals surface area contributed by atoms with Gasteiger partial charge in [-0.25, -0.2) is 4.39 Å². The zero-order chi connectivity index (χ0) is 23.7. The maximum Gasteiger partial charge on any atom is 0.161 e. The van der Waals surface area contributed by atoms with Crippen molar-refractivity contribution in [3.05, 3.63) is 71.8 Å². The Kier molecular flexibility index (Phi) is 6.23. The van der Waals surface area contributed by atoms with Gasteiger partial charge in [0.05, 0.1) is 24.6 Å². The Bertz CT molecular complexity index is 1150. The van der Waals surface area contributed by atoms with E-state index in [1.54, 1.807) is 20.3 Å². The average Bonchev–Trinajstić information content (AvgIpc) is 3.35. The molecular formula is C27H31FN2O4. The molecule has 2 aromatic carbocycles. The monoisotopic (exact) mass is 466 g/mol. The third kappa shape index (κ3) is 4.26. The maximum atomic E-state index is 13.9. The number of hydrogen-bond acceptors (Lipinski definition) is 5. The lowest BCUT2D eigenvalue weighted by Gasteiger charge is -2.45. The molecule has 2 aliphatic heterocycles. The molecular weight excluding hydrogens is 435 g/mol. The van der Waals surface area contributed by atoms with Gasteiger partial charge in [-0.2, -0.15) is 0 Å². The van der Waals surface area contributed by atoms with Crippen LogP contribution >= 0.6 is 0 Å². The number of rotatable bonds is 7. The van der Waals surface area contributed by atoms with E-state index in [0.29, 0.717) is 12.4 Å². The molecule has 34 heavy (non-hydrogen) atoms. The topological polar surface area (TPSA) is 45.1 Å². The minimum atomic E-state index is -0.436. The fourth-order valence-corrected chi connectivity index (χ4v) is 4.89.